The van der Waals surface area contributed by atoms with Crippen LogP contribution < -0.4 is 5.32 Å². The summed E-state index contributed by atoms with van der Waals surface area (Å²) in [6.45, 7) is 0. The van der Waals surface area contributed by atoms with Gasteiger partial charge in [0.05, 0.1) is 4.92 Å². The Morgan fingerprint density at radius 2 is 2.25 bits per heavy atom. The Bertz CT molecular complexity index is 301. The molecular formula is C4H2FN3O4. The highest BCUT2D eigenvalue weighted by Crippen LogP contribution is 2.12. The molecule has 0 saturated carbocycles. The van der Waals surface area contributed by atoms with Crippen LogP contribution in [0, 0.1) is 10.1 Å². The summed E-state index contributed by atoms with van der Waals surface area (Å²) in [4.78, 5) is 32.0. The van der Waals surface area contributed by atoms with Gasteiger partial charge in [-0.15, -0.1) is 0 Å². The summed E-state index contributed by atoms with van der Waals surface area (Å²) < 4.78 is 12.8. The normalized spacial score (nSPS) is 28.4. The molecule has 64 valence electrons. The Labute approximate surface area is 64.4 Å². The maximum Gasteiger partial charge on any atom is 0.473 e. The van der Waals surface area contributed by atoms with E-state index < -0.39 is 22.7 Å². The van der Waals surface area contributed by atoms with E-state index in [0.717, 1.165) is 0 Å². The third-order valence-corrected chi connectivity index (χ3v) is 1.16. The molecule has 0 aliphatic carbocycles. The average Bonchev–Trinajstić information content (AvgIpc) is 1.97. The molecule has 1 aliphatic rings. The number of nitrogens with one attached hydrogen (secondary N) is 1. The number of hydrogen-bond donors (Lipinski definition) is 1. The summed E-state index contributed by atoms with van der Waals surface area (Å²) in [7, 11) is 0. The molecule has 1 N–H and O–H groups in total. The molecule has 0 radical (unpaired) electrons. The Balaban J connectivity index is 3.07. The number of carbonyl (C=O) groups excluding carboxylic acids is 2. The largest absolute Gasteiger partial charge is 0.473 e. The van der Waals surface area contributed by atoms with Crippen LogP contribution in [0.1, 0.15) is 0 Å². The van der Waals surface area contributed by atoms with Gasteiger partial charge in [0.15, 0.2) is 0 Å². The van der Waals surface area contributed by atoms with E-state index in [0.29, 0.717) is 0 Å². The van der Waals surface area contributed by atoms with Crippen LogP contribution in [0.3, 0.4) is 0 Å². The molecule has 0 fully saturated rings. The Morgan fingerprint density at radius 1 is 1.67 bits per heavy atom. The Kier molecular flexibility index (Phi) is 1.60. The summed E-state index contributed by atoms with van der Waals surface area (Å²) in [6.07, 6.45) is 0.0637. The number of urea groups is 1. The van der Waals surface area contributed by atoms with Crippen molar-refractivity contribution >= 4 is 18.2 Å². The van der Waals surface area contributed by atoms with Gasteiger partial charge in [0.25, 0.3) is 0 Å². The molecule has 1 unspecified atom stereocenters. The van der Waals surface area contributed by atoms with Crippen molar-refractivity contribution in [3.8, 4) is 0 Å². The molecule has 12 heavy (non-hydrogen) atoms. The van der Waals surface area contributed by atoms with Gasteiger partial charge in [-0.2, -0.15) is 9.38 Å². The average molecular weight is 175 g/mol. The molecule has 1 aliphatic heterocycles. The molecule has 7 nitrogen and oxygen atoms in total. The zero-order chi connectivity index (χ0) is 9.35. The molecule has 3 amide bonds. The number of nitro groups is 1. The van der Waals surface area contributed by atoms with E-state index in [1.165, 1.54) is 5.32 Å². The minimum atomic E-state index is -3.42. The maximum absolute atomic E-state index is 12.8. The molecular weight excluding hydrogens is 173 g/mol. The standard InChI is InChI=1S/C4H2FN3O4/c5-4(8(11)12)1-6-3(10)7-2(4)9/h1H,(H,7,9,10). The van der Waals surface area contributed by atoms with Crippen molar-refractivity contribution in [2.45, 2.75) is 5.79 Å². The second-order valence-electron chi connectivity index (χ2n) is 1.95. The number of nitrogens with zero attached hydrogens (tertiary/aromatic N) is 2. The van der Waals surface area contributed by atoms with Crippen molar-refractivity contribution in [2.24, 2.45) is 4.99 Å². The van der Waals surface area contributed by atoms with E-state index in [-0.39, 0.29) is 6.21 Å². The van der Waals surface area contributed by atoms with Gasteiger partial charge in [0.1, 0.15) is 6.21 Å². The van der Waals surface area contributed by atoms with Gasteiger partial charge >= 0.3 is 17.7 Å². The zero-order valence-corrected chi connectivity index (χ0v) is 5.48. The molecule has 1 atom stereocenters. The number of aliphatic imine (C=N–C) groups is 1. The van der Waals surface area contributed by atoms with Crippen LogP contribution in [0.2, 0.25) is 0 Å². The summed E-state index contributed by atoms with van der Waals surface area (Å²) in [5, 5.41) is 11.3. The van der Waals surface area contributed by atoms with Crippen molar-refractivity contribution in [1.82, 2.24) is 5.32 Å². The number of carbonyl (C=O) groups is 2. The third-order valence-electron chi connectivity index (χ3n) is 1.16. The number of rotatable bonds is 1. The van der Waals surface area contributed by atoms with E-state index in [1.54, 1.807) is 0 Å². The molecule has 0 spiro atoms. The zero-order valence-electron chi connectivity index (χ0n) is 5.48. The molecule has 0 saturated heterocycles. The SMILES string of the molecule is O=C1N=CC(F)([N+](=O)[O-])C(=O)N1. The topological polar surface area (TPSA) is 102 Å². The van der Waals surface area contributed by atoms with Gasteiger partial charge in [-0.1, -0.05) is 0 Å². The first kappa shape index (κ1) is 8.24. The van der Waals surface area contributed by atoms with E-state index in [2.05, 4.69) is 4.99 Å². The van der Waals surface area contributed by atoms with Crippen molar-refractivity contribution in [1.29, 1.82) is 0 Å². The van der Waals surface area contributed by atoms with Gasteiger partial charge < -0.3 is 0 Å². The van der Waals surface area contributed by atoms with Crippen LogP contribution >= 0.6 is 0 Å². The molecule has 1 heterocycles. The number of alkyl halides is 1. The monoisotopic (exact) mass is 175 g/mol. The van der Waals surface area contributed by atoms with Gasteiger partial charge in [-0.25, -0.2) is 4.79 Å². The minimum absolute atomic E-state index is 0.0637. The lowest BCUT2D eigenvalue weighted by Gasteiger charge is -2.13. The number of amides is 3. The lowest BCUT2D eigenvalue weighted by molar-refractivity contribution is -0.561. The molecule has 0 aromatic carbocycles. The van der Waals surface area contributed by atoms with Crippen LogP contribution in [0.25, 0.3) is 0 Å². The fourth-order valence-electron chi connectivity index (χ4n) is 0.550. The summed E-state index contributed by atoms with van der Waals surface area (Å²) in [6, 6.07) is -1.12. The predicted molar refractivity (Wildman–Crippen MR) is 32.9 cm³/mol. The maximum atomic E-state index is 12.8. The van der Waals surface area contributed by atoms with E-state index in [4.69, 9.17) is 0 Å². The highest BCUT2D eigenvalue weighted by molar-refractivity contribution is 6.13. The van der Waals surface area contributed by atoms with Gasteiger partial charge in [0.2, 0.25) is 0 Å². The predicted octanol–water partition coefficient (Wildman–Crippen LogP) is -0.750. The second-order valence-corrected chi connectivity index (χ2v) is 1.95. The first-order valence-electron chi connectivity index (χ1n) is 2.71. The molecule has 1 rings (SSSR count). The summed E-state index contributed by atoms with van der Waals surface area (Å²) in [5.74, 6) is -5.05. The summed E-state index contributed by atoms with van der Waals surface area (Å²) >= 11 is 0. The molecule has 8 heteroatoms. The molecule has 0 aromatic heterocycles. The quantitative estimate of drug-likeness (QED) is 0.321. The highest BCUT2D eigenvalue weighted by atomic mass is 19.1. The summed E-state index contributed by atoms with van der Waals surface area (Å²) in [5.41, 5.74) is 0. The fraction of sp³-hybridized carbons (Fsp3) is 0.250. The Morgan fingerprint density at radius 3 is 2.67 bits per heavy atom. The van der Waals surface area contributed by atoms with E-state index >= 15 is 0 Å². The number of hydrogen-bond acceptors (Lipinski definition) is 4. The smallest absolute Gasteiger partial charge is 0.267 e. The van der Waals surface area contributed by atoms with Gasteiger partial charge in [-0.05, 0) is 0 Å². The van der Waals surface area contributed by atoms with E-state index in [9.17, 15) is 24.1 Å². The molecule has 0 bridgehead atoms. The highest BCUT2D eigenvalue weighted by Gasteiger charge is 2.53. The van der Waals surface area contributed by atoms with Gasteiger partial charge in [-0.3, -0.25) is 20.2 Å². The van der Waals surface area contributed by atoms with Crippen molar-refractivity contribution in [3.63, 3.8) is 0 Å². The van der Waals surface area contributed by atoms with Crippen LogP contribution in [0.4, 0.5) is 9.18 Å². The first-order chi connectivity index (χ1) is 5.47. The van der Waals surface area contributed by atoms with Crippen LogP contribution in [0.5, 0.6) is 0 Å². The lowest BCUT2D eigenvalue weighted by Crippen LogP contribution is -2.54. The Hall–Kier alpha value is -1.86. The van der Waals surface area contributed by atoms with Crippen LogP contribution in [-0.4, -0.2) is 28.9 Å². The van der Waals surface area contributed by atoms with Gasteiger partial charge in [0, 0.05) is 0 Å². The second kappa shape index (κ2) is 2.32. The number of imide groups is 1. The van der Waals surface area contributed by atoms with Crippen molar-refractivity contribution in [2.75, 3.05) is 0 Å². The fourth-order valence-corrected chi connectivity index (χ4v) is 0.550. The van der Waals surface area contributed by atoms with Crippen LogP contribution in [0.15, 0.2) is 4.99 Å². The molecule has 0 aromatic rings. The number of halogens is 1. The van der Waals surface area contributed by atoms with E-state index in [1.807, 2.05) is 0 Å². The third kappa shape index (κ3) is 1.02. The first-order valence-corrected chi connectivity index (χ1v) is 2.71. The van der Waals surface area contributed by atoms with Crippen molar-refractivity contribution < 1.29 is 18.9 Å². The lowest BCUT2D eigenvalue weighted by atomic mass is 10.2. The minimum Gasteiger partial charge on any atom is -0.267 e. The van der Waals surface area contributed by atoms with Crippen molar-refractivity contribution in [3.05, 3.63) is 10.1 Å². The van der Waals surface area contributed by atoms with Crippen LogP contribution in [-0.2, 0) is 4.79 Å².